The molecule has 52 valence electrons. The first kappa shape index (κ1) is 8.62. The van der Waals surface area contributed by atoms with Crippen LogP contribution in [0.1, 0.15) is 13.3 Å². The molecule has 0 aromatic carbocycles. The Labute approximate surface area is 61.2 Å². The number of aliphatic carboxylic acids is 1. The SMILES string of the molecule is CCC(=O)C(Br)C(=O)[O-]. The van der Waals surface area contributed by atoms with E-state index in [1.807, 2.05) is 0 Å². The maximum Gasteiger partial charge on any atom is 0.151 e. The summed E-state index contributed by atoms with van der Waals surface area (Å²) in [5.74, 6) is -1.74. The molecule has 0 aliphatic rings. The molecular formula is C5H6BrO3-. The summed E-state index contributed by atoms with van der Waals surface area (Å²) < 4.78 is 0. The second kappa shape index (κ2) is 3.61. The van der Waals surface area contributed by atoms with E-state index in [2.05, 4.69) is 15.9 Å². The molecule has 1 atom stereocenters. The highest BCUT2D eigenvalue weighted by Crippen LogP contribution is 2.01. The highest BCUT2D eigenvalue weighted by atomic mass is 79.9. The molecule has 0 aromatic heterocycles. The van der Waals surface area contributed by atoms with Gasteiger partial charge in [-0.2, -0.15) is 0 Å². The second-order valence-corrected chi connectivity index (χ2v) is 2.42. The molecule has 0 aliphatic heterocycles. The Morgan fingerprint density at radius 1 is 1.67 bits per heavy atom. The topological polar surface area (TPSA) is 57.2 Å². The fraction of sp³-hybridized carbons (Fsp3) is 0.600. The van der Waals surface area contributed by atoms with Gasteiger partial charge < -0.3 is 9.90 Å². The van der Waals surface area contributed by atoms with Gasteiger partial charge in [-0.15, -0.1) is 0 Å². The molecule has 0 saturated carbocycles. The van der Waals surface area contributed by atoms with Crippen LogP contribution in [0.3, 0.4) is 0 Å². The van der Waals surface area contributed by atoms with E-state index >= 15 is 0 Å². The van der Waals surface area contributed by atoms with Crippen molar-refractivity contribution >= 4 is 27.7 Å². The number of carbonyl (C=O) groups is 2. The van der Waals surface area contributed by atoms with E-state index in [9.17, 15) is 14.7 Å². The number of halogens is 1. The van der Waals surface area contributed by atoms with Crippen LogP contribution in [0.5, 0.6) is 0 Å². The van der Waals surface area contributed by atoms with E-state index in [-0.39, 0.29) is 12.2 Å². The summed E-state index contributed by atoms with van der Waals surface area (Å²) in [5.41, 5.74) is 0. The summed E-state index contributed by atoms with van der Waals surface area (Å²) in [6.07, 6.45) is 0.212. The Morgan fingerprint density at radius 2 is 2.11 bits per heavy atom. The van der Waals surface area contributed by atoms with Crippen molar-refractivity contribution in [3.63, 3.8) is 0 Å². The minimum atomic E-state index is -1.37. The summed E-state index contributed by atoms with van der Waals surface area (Å²) in [4.78, 5) is 19.3. The van der Waals surface area contributed by atoms with Gasteiger partial charge in [0.25, 0.3) is 0 Å². The van der Waals surface area contributed by atoms with E-state index < -0.39 is 10.8 Å². The van der Waals surface area contributed by atoms with Crippen LogP contribution in [0.4, 0.5) is 0 Å². The molecule has 0 saturated heterocycles. The van der Waals surface area contributed by atoms with Crippen LogP contribution in [0.2, 0.25) is 0 Å². The Hall–Kier alpha value is -0.380. The lowest BCUT2D eigenvalue weighted by molar-refractivity contribution is -0.303. The van der Waals surface area contributed by atoms with E-state index in [4.69, 9.17) is 0 Å². The highest BCUT2D eigenvalue weighted by Gasteiger charge is 2.12. The second-order valence-electron chi connectivity index (χ2n) is 1.50. The largest absolute Gasteiger partial charge is 0.548 e. The number of carboxylic acids is 1. The van der Waals surface area contributed by atoms with E-state index in [1.54, 1.807) is 6.92 Å². The molecule has 3 nitrogen and oxygen atoms in total. The molecule has 0 amide bonds. The molecule has 0 bridgehead atoms. The summed E-state index contributed by atoms with van der Waals surface area (Å²) in [6, 6.07) is 0. The first-order valence-corrected chi connectivity index (χ1v) is 3.38. The zero-order valence-corrected chi connectivity index (χ0v) is 6.47. The molecule has 0 aromatic rings. The van der Waals surface area contributed by atoms with Crippen LogP contribution in [-0.4, -0.2) is 16.6 Å². The fourth-order valence-electron chi connectivity index (χ4n) is 0.311. The Balaban J connectivity index is 3.88. The van der Waals surface area contributed by atoms with Crippen molar-refractivity contribution in [1.82, 2.24) is 0 Å². The zero-order valence-electron chi connectivity index (χ0n) is 4.89. The molecule has 0 aliphatic carbocycles. The quantitative estimate of drug-likeness (QED) is 0.448. The Kier molecular flexibility index (Phi) is 3.46. The first-order valence-electron chi connectivity index (χ1n) is 2.47. The van der Waals surface area contributed by atoms with Crippen LogP contribution < -0.4 is 5.11 Å². The van der Waals surface area contributed by atoms with Gasteiger partial charge in [0.15, 0.2) is 5.78 Å². The fourth-order valence-corrected chi connectivity index (χ4v) is 0.634. The maximum atomic E-state index is 10.5. The van der Waals surface area contributed by atoms with Crippen molar-refractivity contribution in [2.45, 2.75) is 18.2 Å². The number of hydrogen-bond acceptors (Lipinski definition) is 3. The lowest BCUT2D eigenvalue weighted by Crippen LogP contribution is -2.36. The van der Waals surface area contributed by atoms with E-state index in [0.29, 0.717) is 0 Å². The van der Waals surface area contributed by atoms with Crippen LogP contribution in [0.15, 0.2) is 0 Å². The van der Waals surface area contributed by atoms with Gasteiger partial charge in [-0.1, -0.05) is 22.9 Å². The lowest BCUT2D eigenvalue weighted by atomic mass is 10.2. The predicted octanol–water partition coefficient (Wildman–Crippen LogP) is -0.521. The average Bonchev–Trinajstić information content (AvgIpc) is 1.84. The highest BCUT2D eigenvalue weighted by molar-refractivity contribution is 9.10. The number of carboxylic acid groups (broad SMARTS) is 1. The van der Waals surface area contributed by atoms with Crippen LogP contribution in [0, 0.1) is 0 Å². The normalized spacial score (nSPS) is 12.7. The molecule has 0 spiro atoms. The third-order valence-electron chi connectivity index (χ3n) is 0.838. The average molecular weight is 194 g/mol. The third kappa shape index (κ3) is 2.60. The number of hydrogen-bond donors (Lipinski definition) is 0. The maximum absolute atomic E-state index is 10.5. The molecule has 4 heteroatoms. The summed E-state index contributed by atoms with van der Waals surface area (Å²) in [5, 5.41) is 9.92. The summed E-state index contributed by atoms with van der Waals surface area (Å²) >= 11 is 2.66. The molecule has 0 fully saturated rings. The van der Waals surface area contributed by atoms with Gasteiger partial charge >= 0.3 is 0 Å². The van der Waals surface area contributed by atoms with Gasteiger partial charge in [-0.05, 0) is 0 Å². The van der Waals surface area contributed by atoms with Crippen molar-refractivity contribution in [3.05, 3.63) is 0 Å². The number of carbonyl (C=O) groups excluding carboxylic acids is 2. The van der Waals surface area contributed by atoms with Gasteiger partial charge in [0.05, 0.1) is 5.97 Å². The van der Waals surface area contributed by atoms with E-state index in [0.717, 1.165) is 0 Å². The Morgan fingerprint density at radius 3 is 2.22 bits per heavy atom. The number of rotatable bonds is 3. The van der Waals surface area contributed by atoms with Crippen molar-refractivity contribution in [2.24, 2.45) is 0 Å². The van der Waals surface area contributed by atoms with Gasteiger partial charge in [-0.25, -0.2) is 0 Å². The molecule has 0 N–H and O–H groups in total. The number of Topliss-reactive ketones (excluding diaryl/α,β-unsaturated/α-hetero) is 1. The van der Waals surface area contributed by atoms with E-state index in [1.165, 1.54) is 0 Å². The van der Waals surface area contributed by atoms with Crippen molar-refractivity contribution < 1.29 is 14.7 Å². The van der Waals surface area contributed by atoms with Crippen molar-refractivity contribution in [1.29, 1.82) is 0 Å². The van der Waals surface area contributed by atoms with Crippen LogP contribution in [0.25, 0.3) is 0 Å². The monoisotopic (exact) mass is 193 g/mol. The van der Waals surface area contributed by atoms with Gasteiger partial charge in [0.1, 0.15) is 4.83 Å². The molecule has 0 rings (SSSR count). The molecular weight excluding hydrogens is 188 g/mol. The predicted molar refractivity (Wildman–Crippen MR) is 33.0 cm³/mol. The molecule has 0 heterocycles. The smallest absolute Gasteiger partial charge is 0.151 e. The van der Waals surface area contributed by atoms with Crippen molar-refractivity contribution in [2.75, 3.05) is 0 Å². The number of alkyl halides is 1. The summed E-state index contributed by atoms with van der Waals surface area (Å²) in [6.45, 7) is 1.60. The van der Waals surface area contributed by atoms with Crippen molar-refractivity contribution in [3.8, 4) is 0 Å². The first-order chi connectivity index (χ1) is 4.09. The Bertz CT molecular complexity index is 132. The van der Waals surface area contributed by atoms with Gasteiger partial charge in [0.2, 0.25) is 0 Å². The molecule has 1 unspecified atom stereocenters. The number of ketones is 1. The molecule has 0 radical (unpaired) electrons. The van der Waals surface area contributed by atoms with Crippen LogP contribution in [-0.2, 0) is 9.59 Å². The zero-order chi connectivity index (χ0) is 7.44. The minimum absolute atomic E-state index is 0.212. The standard InChI is InChI=1S/C5H7BrO3/c1-2-3(7)4(6)5(8)9/h4H,2H2,1H3,(H,8,9)/p-1. The van der Waals surface area contributed by atoms with Gasteiger partial charge in [0, 0.05) is 6.42 Å². The summed E-state index contributed by atoms with van der Waals surface area (Å²) in [7, 11) is 0. The van der Waals surface area contributed by atoms with Crippen LogP contribution >= 0.6 is 15.9 Å². The van der Waals surface area contributed by atoms with Gasteiger partial charge in [-0.3, -0.25) is 4.79 Å². The molecule has 9 heavy (non-hydrogen) atoms. The third-order valence-corrected chi connectivity index (χ3v) is 1.72. The lowest BCUT2D eigenvalue weighted by Gasteiger charge is -2.06. The minimum Gasteiger partial charge on any atom is -0.548 e.